The first-order chi connectivity index (χ1) is 9.02. The van der Waals surface area contributed by atoms with Crippen LogP contribution in [0.25, 0.3) is 0 Å². The Balaban J connectivity index is 2.90. The molecule has 0 unspecified atom stereocenters. The molecule has 0 aliphatic rings. The van der Waals surface area contributed by atoms with E-state index in [0.29, 0.717) is 35.2 Å². The topological polar surface area (TPSA) is 91.4 Å². The molecular weight excluding hydrogens is 264 g/mol. The zero-order chi connectivity index (χ0) is 14.4. The third kappa shape index (κ3) is 3.59. The monoisotopic (exact) mass is 282 g/mol. The van der Waals surface area contributed by atoms with Crippen LogP contribution in [0.4, 0.5) is 10.7 Å². The van der Waals surface area contributed by atoms with Crippen molar-refractivity contribution in [3.8, 4) is 6.07 Å². The van der Waals surface area contributed by atoms with Gasteiger partial charge < -0.3 is 20.7 Å². The first-order valence-corrected chi connectivity index (χ1v) is 6.70. The van der Waals surface area contributed by atoms with E-state index in [2.05, 4.69) is 5.32 Å². The zero-order valence-electron chi connectivity index (χ0n) is 11.3. The molecule has 19 heavy (non-hydrogen) atoms. The van der Waals surface area contributed by atoms with Crippen LogP contribution in [0.15, 0.2) is 0 Å². The SMILES string of the molecule is CCOCCNc1sc(C(=O)N(C)C)c(N)c1C#N. The second-order valence-corrected chi connectivity index (χ2v) is 5.00. The standard InChI is InChI=1S/C12H18N4O2S/c1-4-18-6-5-15-11-8(7-13)9(14)10(19-11)12(17)16(2)3/h15H,4-6,14H2,1-3H3. The van der Waals surface area contributed by atoms with Crippen LogP contribution in [-0.2, 0) is 4.74 Å². The zero-order valence-corrected chi connectivity index (χ0v) is 12.1. The van der Waals surface area contributed by atoms with E-state index in [1.54, 1.807) is 14.1 Å². The lowest BCUT2D eigenvalue weighted by Crippen LogP contribution is -2.21. The summed E-state index contributed by atoms with van der Waals surface area (Å²) >= 11 is 1.20. The van der Waals surface area contributed by atoms with Crippen LogP contribution in [0.5, 0.6) is 0 Å². The van der Waals surface area contributed by atoms with E-state index in [1.165, 1.54) is 16.2 Å². The van der Waals surface area contributed by atoms with Crippen molar-refractivity contribution in [3.63, 3.8) is 0 Å². The number of nitrogens with zero attached hydrogens (tertiary/aromatic N) is 2. The van der Waals surface area contributed by atoms with Crippen molar-refractivity contribution in [3.05, 3.63) is 10.4 Å². The van der Waals surface area contributed by atoms with Crippen molar-refractivity contribution in [2.24, 2.45) is 0 Å². The van der Waals surface area contributed by atoms with Crippen LogP contribution in [0.3, 0.4) is 0 Å². The molecule has 1 amide bonds. The molecule has 6 nitrogen and oxygen atoms in total. The minimum absolute atomic E-state index is 0.197. The number of hydrogen-bond donors (Lipinski definition) is 2. The molecule has 1 aromatic rings. The van der Waals surface area contributed by atoms with Crippen molar-refractivity contribution in [2.45, 2.75) is 6.92 Å². The van der Waals surface area contributed by atoms with Gasteiger partial charge in [0.25, 0.3) is 5.91 Å². The first-order valence-electron chi connectivity index (χ1n) is 5.88. The fourth-order valence-corrected chi connectivity index (χ4v) is 2.54. The van der Waals surface area contributed by atoms with Gasteiger partial charge in [-0.1, -0.05) is 0 Å². The molecule has 3 N–H and O–H groups in total. The maximum absolute atomic E-state index is 11.9. The maximum Gasteiger partial charge on any atom is 0.265 e. The van der Waals surface area contributed by atoms with Crippen LogP contribution in [0.2, 0.25) is 0 Å². The molecule has 0 radical (unpaired) electrons. The Hall–Kier alpha value is -1.78. The normalized spacial score (nSPS) is 10.0. The summed E-state index contributed by atoms with van der Waals surface area (Å²) in [5, 5.41) is 12.8. The summed E-state index contributed by atoms with van der Waals surface area (Å²) in [6.07, 6.45) is 0. The highest BCUT2D eigenvalue weighted by atomic mass is 32.1. The third-order valence-corrected chi connectivity index (χ3v) is 3.54. The molecule has 0 spiro atoms. The van der Waals surface area contributed by atoms with Crippen molar-refractivity contribution in [2.75, 3.05) is 44.9 Å². The van der Waals surface area contributed by atoms with Gasteiger partial charge in [0.05, 0.1) is 12.3 Å². The predicted molar refractivity (Wildman–Crippen MR) is 76.4 cm³/mol. The van der Waals surface area contributed by atoms with Crippen molar-refractivity contribution in [1.82, 2.24) is 4.90 Å². The van der Waals surface area contributed by atoms with E-state index >= 15 is 0 Å². The summed E-state index contributed by atoms with van der Waals surface area (Å²) < 4.78 is 5.20. The highest BCUT2D eigenvalue weighted by Crippen LogP contribution is 2.35. The molecule has 0 saturated carbocycles. The maximum atomic E-state index is 11.9. The number of carbonyl (C=O) groups excluding carboxylic acids is 1. The fourth-order valence-electron chi connectivity index (χ4n) is 1.42. The third-order valence-electron chi connectivity index (χ3n) is 2.39. The molecule has 0 bridgehead atoms. The lowest BCUT2D eigenvalue weighted by atomic mass is 10.2. The molecule has 1 heterocycles. The van der Waals surface area contributed by atoms with E-state index in [9.17, 15) is 4.79 Å². The molecule has 104 valence electrons. The average molecular weight is 282 g/mol. The summed E-state index contributed by atoms with van der Waals surface area (Å²) in [5.74, 6) is -0.197. The largest absolute Gasteiger partial charge is 0.396 e. The molecule has 0 fully saturated rings. The van der Waals surface area contributed by atoms with Crippen LogP contribution < -0.4 is 11.1 Å². The molecule has 0 saturated heterocycles. The minimum atomic E-state index is -0.197. The molecule has 1 aromatic heterocycles. The summed E-state index contributed by atoms with van der Waals surface area (Å²) in [7, 11) is 3.30. The number of nitriles is 1. The lowest BCUT2D eigenvalue weighted by Gasteiger charge is -2.08. The molecule has 0 aliphatic heterocycles. The smallest absolute Gasteiger partial charge is 0.265 e. The number of anilines is 2. The number of carbonyl (C=O) groups is 1. The molecule has 0 aromatic carbocycles. The van der Waals surface area contributed by atoms with Gasteiger partial charge in [-0.2, -0.15) is 5.26 Å². The first kappa shape index (κ1) is 15.3. The second kappa shape index (κ2) is 6.97. The van der Waals surface area contributed by atoms with E-state index < -0.39 is 0 Å². The summed E-state index contributed by atoms with van der Waals surface area (Å²) in [5.41, 5.74) is 6.42. The Bertz CT molecular complexity index is 491. The summed E-state index contributed by atoms with van der Waals surface area (Å²) in [6, 6.07) is 2.03. The van der Waals surface area contributed by atoms with Gasteiger partial charge in [-0.25, -0.2) is 0 Å². The van der Waals surface area contributed by atoms with Crippen molar-refractivity contribution in [1.29, 1.82) is 5.26 Å². The molecule has 1 rings (SSSR count). The van der Waals surface area contributed by atoms with Crippen molar-refractivity contribution >= 4 is 27.9 Å². The second-order valence-electron chi connectivity index (χ2n) is 3.98. The number of amides is 1. The number of rotatable bonds is 6. The molecule has 0 atom stereocenters. The van der Waals surface area contributed by atoms with Gasteiger partial charge in [0, 0.05) is 27.2 Å². The molecule has 7 heteroatoms. The Morgan fingerprint density at radius 2 is 2.26 bits per heavy atom. The Kier molecular flexibility index (Phi) is 5.60. The minimum Gasteiger partial charge on any atom is -0.396 e. The summed E-state index contributed by atoms with van der Waals surface area (Å²) in [4.78, 5) is 13.7. The van der Waals surface area contributed by atoms with E-state index in [-0.39, 0.29) is 11.6 Å². The quantitative estimate of drug-likeness (QED) is 0.768. The van der Waals surface area contributed by atoms with E-state index in [1.807, 2.05) is 13.0 Å². The number of ether oxygens (including phenoxy) is 1. The number of thiophene rings is 1. The number of nitrogens with one attached hydrogen (secondary N) is 1. The van der Waals surface area contributed by atoms with Gasteiger partial charge in [0.1, 0.15) is 21.5 Å². The number of hydrogen-bond acceptors (Lipinski definition) is 6. The summed E-state index contributed by atoms with van der Waals surface area (Å²) in [6.45, 7) is 3.66. The van der Waals surface area contributed by atoms with E-state index in [4.69, 9.17) is 15.7 Å². The number of nitrogen functional groups attached to an aromatic ring is 1. The van der Waals surface area contributed by atoms with Gasteiger partial charge in [-0.05, 0) is 6.92 Å². The van der Waals surface area contributed by atoms with Crippen LogP contribution in [0.1, 0.15) is 22.2 Å². The van der Waals surface area contributed by atoms with Crippen LogP contribution >= 0.6 is 11.3 Å². The van der Waals surface area contributed by atoms with Crippen LogP contribution in [0, 0.1) is 11.3 Å². The fraction of sp³-hybridized carbons (Fsp3) is 0.500. The van der Waals surface area contributed by atoms with E-state index in [0.717, 1.165) is 0 Å². The van der Waals surface area contributed by atoms with Gasteiger partial charge in [0.2, 0.25) is 0 Å². The predicted octanol–water partition coefficient (Wildman–Crippen LogP) is 1.35. The van der Waals surface area contributed by atoms with Crippen LogP contribution in [-0.4, -0.2) is 44.7 Å². The molecule has 0 aliphatic carbocycles. The van der Waals surface area contributed by atoms with Gasteiger partial charge in [-0.3, -0.25) is 4.79 Å². The Morgan fingerprint density at radius 1 is 1.58 bits per heavy atom. The Labute approximate surface area is 116 Å². The highest BCUT2D eigenvalue weighted by molar-refractivity contribution is 7.18. The average Bonchev–Trinajstić information content (AvgIpc) is 2.70. The Morgan fingerprint density at radius 3 is 2.79 bits per heavy atom. The highest BCUT2D eigenvalue weighted by Gasteiger charge is 2.21. The van der Waals surface area contributed by atoms with Gasteiger partial charge >= 0.3 is 0 Å². The molecular formula is C12H18N4O2S. The number of nitrogens with two attached hydrogens (primary N) is 1. The lowest BCUT2D eigenvalue weighted by molar-refractivity contribution is 0.0833. The van der Waals surface area contributed by atoms with Gasteiger partial charge in [-0.15, -0.1) is 11.3 Å². The van der Waals surface area contributed by atoms with Crippen molar-refractivity contribution < 1.29 is 9.53 Å². The van der Waals surface area contributed by atoms with Gasteiger partial charge in [0.15, 0.2) is 0 Å².